The number of para-hydroxylation sites is 2. The maximum Gasteiger partial charge on any atom is 0.263 e. The van der Waals surface area contributed by atoms with E-state index in [0.717, 1.165) is 30.2 Å². The Balaban J connectivity index is 1.26. The van der Waals surface area contributed by atoms with Crippen molar-refractivity contribution in [3.8, 4) is 5.75 Å². The summed E-state index contributed by atoms with van der Waals surface area (Å²) < 4.78 is 5.45. The van der Waals surface area contributed by atoms with Crippen molar-refractivity contribution in [2.45, 2.75) is 12.8 Å². The van der Waals surface area contributed by atoms with Crippen molar-refractivity contribution >= 4 is 34.0 Å². The van der Waals surface area contributed by atoms with Crippen LogP contribution in [0.25, 0.3) is 0 Å². The summed E-state index contributed by atoms with van der Waals surface area (Å²) in [7, 11) is 1.66. The molecule has 2 aromatic heterocycles. The fraction of sp³-hybridized carbons (Fsp3) is 0.304. The lowest BCUT2D eigenvalue weighted by atomic mass is 10.2. The number of anilines is 2. The summed E-state index contributed by atoms with van der Waals surface area (Å²) in [5.74, 6) is 0.409. The number of nitrogens with one attached hydrogen (secondary N) is 2. The van der Waals surface area contributed by atoms with E-state index in [1.807, 2.05) is 34.5 Å². The first-order valence-electron chi connectivity index (χ1n) is 10.6. The van der Waals surface area contributed by atoms with Crippen molar-refractivity contribution in [1.82, 2.24) is 14.9 Å². The number of pyridine rings is 1. The highest BCUT2D eigenvalue weighted by Gasteiger charge is 2.23. The molecule has 1 saturated heterocycles. The second-order valence-corrected chi connectivity index (χ2v) is 8.41. The minimum absolute atomic E-state index is 0.0247. The molecule has 0 bridgehead atoms. The predicted octanol–water partition coefficient (Wildman–Crippen LogP) is 2.37. The molecule has 0 atom stereocenters. The zero-order valence-electron chi connectivity index (χ0n) is 18.2. The van der Waals surface area contributed by atoms with Gasteiger partial charge in [-0.15, -0.1) is 11.3 Å². The topological polar surface area (TPSA) is 108 Å². The maximum absolute atomic E-state index is 12.7. The number of carbonyl (C=O) groups is 2. The third-order valence-electron chi connectivity index (χ3n) is 5.49. The number of nitrogens with zero attached hydrogens (tertiary/aromatic N) is 3. The van der Waals surface area contributed by atoms with Crippen LogP contribution in [0.4, 0.5) is 10.8 Å². The number of carbonyl (C=O) groups excluding carboxylic acids is 2. The Bertz CT molecular complexity index is 1180. The number of benzene rings is 1. The van der Waals surface area contributed by atoms with Crippen LogP contribution < -0.4 is 20.5 Å². The number of thiazole rings is 1. The predicted molar refractivity (Wildman–Crippen MR) is 127 cm³/mol. The molecule has 2 N–H and O–H groups in total. The van der Waals surface area contributed by atoms with Gasteiger partial charge in [0.15, 0.2) is 5.13 Å². The largest absolute Gasteiger partial charge is 0.495 e. The first-order valence-corrected chi connectivity index (χ1v) is 11.5. The average molecular weight is 468 g/mol. The molecule has 33 heavy (non-hydrogen) atoms. The molecule has 2 amide bonds. The second kappa shape index (κ2) is 10.3. The van der Waals surface area contributed by atoms with Crippen molar-refractivity contribution in [3.05, 3.63) is 69.6 Å². The molecule has 0 radical (unpaired) electrons. The van der Waals surface area contributed by atoms with E-state index in [2.05, 4.69) is 20.2 Å². The van der Waals surface area contributed by atoms with Gasteiger partial charge in [0.25, 0.3) is 11.5 Å². The fourth-order valence-electron chi connectivity index (χ4n) is 3.72. The van der Waals surface area contributed by atoms with Crippen molar-refractivity contribution in [2.24, 2.45) is 0 Å². The highest BCUT2D eigenvalue weighted by molar-refractivity contribution is 7.14. The number of H-pyrrole nitrogens is 1. The number of amides is 2. The van der Waals surface area contributed by atoms with Gasteiger partial charge in [-0.05, 0) is 30.7 Å². The molecular formula is C23H25N5O4S. The molecular weight excluding hydrogens is 442 g/mol. The standard InChI is InChI=1S/C23H25N5O4S/c1-32-19-7-3-2-6-18(19)27-11-13-28(14-12-27)20(29)9-8-16-15-33-23(25-16)26-22(31)17-5-4-10-24-21(17)30/h2-7,10,15H,8-9,11-14H2,1H3,(H,24,30)(H,25,26,31). The molecule has 0 saturated carbocycles. The van der Waals surface area contributed by atoms with Crippen LogP contribution in [0.2, 0.25) is 0 Å². The first-order chi connectivity index (χ1) is 16.0. The summed E-state index contributed by atoms with van der Waals surface area (Å²) >= 11 is 1.27. The molecule has 172 valence electrons. The van der Waals surface area contributed by atoms with Crippen LogP contribution in [0, 0.1) is 0 Å². The second-order valence-electron chi connectivity index (χ2n) is 7.55. The van der Waals surface area contributed by atoms with E-state index in [0.29, 0.717) is 31.1 Å². The van der Waals surface area contributed by atoms with Gasteiger partial charge in [-0.2, -0.15) is 0 Å². The molecule has 9 nitrogen and oxygen atoms in total. The fourth-order valence-corrected chi connectivity index (χ4v) is 4.46. The Hall–Kier alpha value is -3.66. The van der Waals surface area contributed by atoms with E-state index in [1.165, 1.54) is 23.6 Å². The SMILES string of the molecule is COc1ccccc1N1CCN(C(=O)CCc2csc(NC(=O)c3ccc[nH]c3=O)n2)CC1. The smallest absolute Gasteiger partial charge is 0.263 e. The lowest BCUT2D eigenvalue weighted by Crippen LogP contribution is -2.48. The number of aryl methyl sites for hydroxylation is 1. The Morgan fingerprint density at radius 2 is 1.94 bits per heavy atom. The van der Waals surface area contributed by atoms with Gasteiger partial charge < -0.3 is 19.5 Å². The number of piperazine rings is 1. The number of hydrogen-bond donors (Lipinski definition) is 2. The van der Waals surface area contributed by atoms with E-state index in [9.17, 15) is 14.4 Å². The normalized spacial score (nSPS) is 13.6. The number of ether oxygens (including phenoxy) is 1. The van der Waals surface area contributed by atoms with Crippen LogP contribution in [-0.2, 0) is 11.2 Å². The molecule has 3 heterocycles. The summed E-state index contributed by atoms with van der Waals surface area (Å²) in [6.07, 6.45) is 2.31. The molecule has 0 aliphatic carbocycles. The van der Waals surface area contributed by atoms with E-state index in [-0.39, 0.29) is 11.5 Å². The zero-order valence-corrected chi connectivity index (χ0v) is 19.1. The summed E-state index contributed by atoms with van der Waals surface area (Å²) in [6, 6.07) is 10.9. The Labute approximate surface area is 195 Å². The van der Waals surface area contributed by atoms with Gasteiger partial charge in [0.1, 0.15) is 11.3 Å². The van der Waals surface area contributed by atoms with Crippen LogP contribution in [0.3, 0.4) is 0 Å². The summed E-state index contributed by atoms with van der Waals surface area (Å²) in [4.78, 5) is 47.6. The van der Waals surface area contributed by atoms with Crippen LogP contribution >= 0.6 is 11.3 Å². The molecule has 4 rings (SSSR count). The van der Waals surface area contributed by atoms with Gasteiger partial charge in [-0.25, -0.2) is 4.98 Å². The van der Waals surface area contributed by atoms with Gasteiger partial charge in [0.05, 0.1) is 18.5 Å². The van der Waals surface area contributed by atoms with Crippen LogP contribution in [0.1, 0.15) is 22.5 Å². The quantitative estimate of drug-likeness (QED) is 0.552. The molecule has 1 aliphatic rings. The van der Waals surface area contributed by atoms with Gasteiger partial charge in [-0.3, -0.25) is 19.7 Å². The van der Waals surface area contributed by atoms with E-state index in [4.69, 9.17) is 4.74 Å². The monoisotopic (exact) mass is 467 g/mol. The van der Waals surface area contributed by atoms with E-state index in [1.54, 1.807) is 13.2 Å². The Kier molecular flexibility index (Phi) is 7.04. The van der Waals surface area contributed by atoms with Crippen LogP contribution in [-0.4, -0.2) is 60.0 Å². The van der Waals surface area contributed by atoms with Crippen molar-refractivity contribution in [1.29, 1.82) is 0 Å². The van der Waals surface area contributed by atoms with E-state index >= 15 is 0 Å². The minimum atomic E-state index is -0.512. The van der Waals surface area contributed by atoms with Gasteiger partial charge in [0.2, 0.25) is 5.91 Å². The molecule has 1 aliphatic heterocycles. The Morgan fingerprint density at radius 3 is 2.70 bits per heavy atom. The summed E-state index contributed by atoms with van der Waals surface area (Å²) in [6.45, 7) is 2.80. The van der Waals surface area contributed by atoms with Gasteiger partial charge in [-0.1, -0.05) is 12.1 Å². The lowest BCUT2D eigenvalue weighted by molar-refractivity contribution is -0.131. The maximum atomic E-state index is 12.7. The summed E-state index contributed by atoms with van der Waals surface area (Å²) in [5.41, 5.74) is 1.35. The highest BCUT2D eigenvalue weighted by atomic mass is 32.1. The molecule has 1 aromatic carbocycles. The third kappa shape index (κ3) is 5.40. The number of aromatic amines is 1. The molecule has 0 unspecified atom stereocenters. The van der Waals surface area contributed by atoms with Crippen LogP contribution in [0.5, 0.6) is 5.75 Å². The van der Waals surface area contributed by atoms with Gasteiger partial charge >= 0.3 is 0 Å². The lowest BCUT2D eigenvalue weighted by Gasteiger charge is -2.36. The molecule has 1 fully saturated rings. The highest BCUT2D eigenvalue weighted by Crippen LogP contribution is 2.28. The average Bonchev–Trinajstić information content (AvgIpc) is 3.30. The Morgan fingerprint density at radius 1 is 1.15 bits per heavy atom. The van der Waals surface area contributed by atoms with Crippen LogP contribution in [0.15, 0.2) is 52.8 Å². The van der Waals surface area contributed by atoms with E-state index < -0.39 is 11.5 Å². The molecule has 10 heteroatoms. The summed E-state index contributed by atoms with van der Waals surface area (Å²) in [5, 5.41) is 4.85. The van der Waals surface area contributed by atoms with Crippen molar-refractivity contribution in [3.63, 3.8) is 0 Å². The number of hydrogen-bond acceptors (Lipinski definition) is 7. The molecule has 3 aromatic rings. The third-order valence-corrected chi connectivity index (χ3v) is 6.29. The first kappa shape index (κ1) is 22.5. The minimum Gasteiger partial charge on any atom is -0.495 e. The van der Waals surface area contributed by atoms with Crippen molar-refractivity contribution < 1.29 is 14.3 Å². The van der Waals surface area contributed by atoms with Crippen molar-refractivity contribution in [2.75, 3.05) is 43.5 Å². The number of rotatable bonds is 7. The number of aromatic nitrogens is 2. The molecule has 0 spiro atoms. The zero-order chi connectivity index (χ0) is 23.2. The van der Waals surface area contributed by atoms with Gasteiger partial charge in [0, 0.05) is 44.2 Å². The number of methoxy groups -OCH3 is 1.